The summed E-state index contributed by atoms with van der Waals surface area (Å²) in [6.07, 6.45) is 2.21. The fourth-order valence-electron chi connectivity index (χ4n) is 1.75. The topological polar surface area (TPSA) is 98.6 Å². The van der Waals surface area contributed by atoms with E-state index in [1.54, 1.807) is 0 Å². The number of rotatable bonds is 5. The van der Waals surface area contributed by atoms with Crippen LogP contribution < -0.4 is 14.8 Å². The molecule has 1 aromatic rings. The highest BCUT2D eigenvalue weighted by atomic mass is 32.2. The highest BCUT2D eigenvalue weighted by Crippen LogP contribution is 2.29. The van der Waals surface area contributed by atoms with Crippen molar-refractivity contribution in [3.63, 3.8) is 0 Å². The third-order valence-electron chi connectivity index (χ3n) is 2.95. The van der Waals surface area contributed by atoms with Crippen LogP contribution in [0.25, 0.3) is 0 Å². The van der Waals surface area contributed by atoms with Crippen LogP contribution in [0, 0.1) is 5.82 Å². The average molecular weight is 367 g/mol. The van der Waals surface area contributed by atoms with E-state index >= 15 is 0 Å². The highest BCUT2D eigenvalue weighted by Gasteiger charge is 2.25. The number of carbonyl (C=O) groups is 2. The molecule has 0 bridgehead atoms. The van der Waals surface area contributed by atoms with Crippen molar-refractivity contribution >= 4 is 35.0 Å². The average Bonchev–Trinajstić information content (AvgIpc) is 2.95. The van der Waals surface area contributed by atoms with Crippen LogP contribution in [0.15, 0.2) is 33.3 Å². The smallest absolute Gasteiger partial charge is 0.331 e. The number of benzene rings is 1. The van der Waals surface area contributed by atoms with E-state index in [9.17, 15) is 14.0 Å². The van der Waals surface area contributed by atoms with E-state index in [2.05, 4.69) is 20.3 Å². The van der Waals surface area contributed by atoms with Gasteiger partial charge in [0.15, 0.2) is 16.7 Å². The molecule has 1 amide bonds. The Morgan fingerprint density at radius 1 is 1.24 bits per heavy atom. The number of amides is 1. The summed E-state index contributed by atoms with van der Waals surface area (Å²) in [5, 5.41) is 10.1. The summed E-state index contributed by atoms with van der Waals surface area (Å²) < 4.78 is 28.5. The van der Waals surface area contributed by atoms with Gasteiger partial charge in [0.25, 0.3) is 5.91 Å². The van der Waals surface area contributed by atoms with Crippen LogP contribution in [0.4, 0.5) is 4.39 Å². The molecule has 0 aromatic heterocycles. The van der Waals surface area contributed by atoms with Crippen molar-refractivity contribution in [1.29, 1.82) is 0 Å². The van der Waals surface area contributed by atoms with Crippen LogP contribution in [0.5, 0.6) is 11.5 Å². The van der Waals surface area contributed by atoms with Gasteiger partial charge < -0.3 is 14.2 Å². The summed E-state index contributed by atoms with van der Waals surface area (Å²) in [4.78, 5) is 22.9. The second-order valence-corrected chi connectivity index (χ2v) is 5.50. The first-order valence-electron chi connectivity index (χ1n) is 6.80. The van der Waals surface area contributed by atoms with E-state index in [1.165, 1.54) is 33.6 Å². The van der Waals surface area contributed by atoms with Crippen molar-refractivity contribution in [2.75, 3.05) is 21.3 Å². The van der Waals surface area contributed by atoms with Gasteiger partial charge in [-0.25, -0.2) is 9.18 Å². The maximum absolute atomic E-state index is 13.9. The molecule has 2 rings (SSSR count). The second kappa shape index (κ2) is 8.29. The Morgan fingerprint density at radius 2 is 1.92 bits per heavy atom. The van der Waals surface area contributed by atoms with Gasteiger partial charge in [-0.2, -0.15) is 5.10 Å². The number of thioether (sulfide) groups is 1. The fraction of sp³-hybridized carbons (Fsp3) is 0.200. The lowest BCUT2D eigenvalue weighted by Gasteiger charge is -2.08. The fourth-order valence-corrected chi connectivity index (χ4v) is 2.49. The molecule has 1 aromatic carbocycles. The molecule has 0 unspecified atom stereocenters. The molecule has 1 aliphatic heterocycles. The van der Waals surface area contributed by atoms with E-state index in [4.69, 9.17) is 9.47 Å². The molecule has 8 nitrogen and oxygen atoms in total. The zero-order valence-electron chi connectivity index (χ0n) is 13.5. The molecular formula is C15H14FN3O5S. The van der Waals surface area contributed by atoms with Gasteiger partial charge in [-0.05, 0) is 17.8 Å². The largest absolute Gasteiger partial charge is 0.493 e. The van der Waals surface area contributed by atoms with Crippen LogP contribution >= 0.6 is 11.8 Å². The van der Waals surface area contributed by atoms with Crippen molar-refractivity contribution in [3.05, 3.63) is 34.5 Å². The van der Waals surface area contributed by atoms with E-state index in [0.29, 0.717) is 5.75 Å². The lowest BCUT2D eigenvalue weighted by Crippen LogP contribution is -2.19. The Hall–Kier alpha value is -2.88. The number of hydrogen-bond donors (Lipinski definition) is 1. The van der Waals surface area contributed by atoms with E-state index in [0.717, 1.165) is 23.9 Å². The summed E-state index contributed by atoms with van der Waals surface area (Å²) in [6, 6.07) is 2.57. The summed E-state index contributed by atoms with van der Waals surface area (Å²) in [6.45, 7) is 0. The van der Waals surface area contributed by atoms with Gasteiger partial charge >= 0.3 is 5.97 Å². The van der Waals surface area contributed by atoms with E-state index in [1.807, 2.05) is 0 Å². The zero-order chi connectivity index (χ0) is 18.4. The molecular weight excluding hydrogens is 353 g/mol. The molecule has 10 heteroatoms. The molecule has 0 saturated carbocycles. The summed E-state index contributed by atoms with van der Waals surface area (Å²) in [7, 11) is 4.03. The second-order valence-electron chi connectivity index (χ2n) is 4.47. The van der Waals surface area contributed by atoms with Crippen molar-refractivity contribution in [3.8, 4) is 11.5 Å². The molecule has 0 spiro atoms. The van der Waals surface area contributed by atoms with Gasteiger partial charge in [0.2, 0.25) is 0 Å². The van der Waals surface area contributed by atoms with Crippen molar-refractivity contribution in [1.82, 2.24) is 5.32 Å². The lowest BCUT2D eigenvalue weighted by molar-refractivity contribution is -0.135. The predicted molar refractivity (Wildman–Crippen MR) is 90.4 cm³/mol. The number of esters is 1. The Bertz CT molecular complexity index is 792. The first-order chi connectivity index (χ1) is 12.0. The first kappa shape index (κ1) is 18.5. The molecule has 0 aliphatic carbocycles. The molecule has 1 N–H and O–H groups in total. The maximum atomic E-state index is 13.9. The van der Waals surface area contributed by atoms with Crippen LogP contribution in [-0.4, -0.2) is 44.6 Å². The van der Waals surface area contributed by atoms with Crippen molar-refractivity contribution < 1.29 is 28.2 Å². The number of ether oxygens (including phenoxy) is 3. The molecule has 1 aliphatic rings. The molecule has 1 heterocycles. The van der Waals surface area contributed by atoms with Gasteiger partial charge in [-0.3, -0.25) is 10.1 Å². The zero-order valence-corrected chi connectivity index (χ0v) is 14.3. The highest BCUT2D eigenvalue weighted by molar-refractivity contribution is 8.18. The third kappa shape index (κ3) is 4.57. The maximum Gasteiger partial charge on any atom is 0.331 e. The summed E-state index contributed by atoms with van der Waals surface area (Å²) >= 11 is 0.913. The Labute approximate surface area is 146 Å². The number of nitrogens with zero attached hydrogens (tertiary/aromatic N) is 2. The lowest BCUT2D eigenvalue weighted by atomic mass is 10.2. The Kier molecular flexibility index (Phi) is 6.12. The summed E-state index contributed by atoms with van der Waals surface area (Å²) in [5.41, 5.74) is 0.127. The first-order valence-corrected chi connectivity index (χ1v) is 7.61. The number of nitrogens with one attached hydrogen (secondary N) is 1. The minimum Gasteiger partial charge on any atom is -0.493 e. The number of methoxy groups -OCH3 is 3. The third-order valence-corrected chi connectivity index (χ3v) is 3.85. The van der Waals surface area contributed by atoms with Crippen LogP contribution in [0.3, 0.4) is 0 Å². The van der Waals surface area contributed by atoms with E-state index < -0.39 is 17.7 Å². The van der Waals surface area contributed by atoms with Crippen LogP contribution in [-0.2, 0) is 14.3 Å². The van der Waals surface area contributed by atoms with Crippen molar-refractivity contribution in [2.45, 2.75) is 0 Å². The van der Waals surface area contributed by atoms with Gasteiger partial charge in [0.05, 0.1) is 32.4 Å². The van der Waals surface area contributed by atoms with E-state index in [-0.39, 0.29) is 21.4 Å². The minimum atomic E-state index is -0.658. The van der Waals surface area contributed by atoms with Gasteiger partial charge in [-0.15, -0.1) is 5.10 Å². The number of hydrogen-bond acceptors (Lipinski definition) is 8. The monoisotopic (exact) mass is 367 g/mol. The molecule has 132 valence electrons. The van der Waals surface area contributed by atoms with Gasteiger partial charge in [0.1, 0.15) is 5.82 Å². The molecule has 0 atom stereocenters. The van der Waals surface area contributed by atoms with Crippen molar-refractivity contribution in [2.24, 2.45) is 10.2 Å². The molecule has 1 saturated heterocycles. The Morgan fingerprint density at radius 3 is 2.56 bits per heavy atom. The quantitative estimate of drug-likeness (QED) is 0.366. The molecule has 1 fully saturated rings. The number of amidine groups is 1. The number of carbonyl (C=O) groups excluding carboxylic acids is 2. The van der Waals surface area contributed by atoms with Crippen LogP contribution in [0.2, 0.25) is 0 Å². The number of halogens is 1. The molecule has 0 radical (unpaired) electrons. The SMILES string of the molecule is COC(=O)/C=C1/S/C(=N\N=Cc2cc(OC)c(OC)cc2F)NC1=O. The Balaban J connectivity index is 2.16. The summed E-state index contributed by atoms with van der Waals surface area (Å²) in [5.74, 6) is -1.14. The van der Waals surface area contributed by atoms with Gasteiger partial charge in [0, 0.05) is 17.7 Å². The van der Waals surface area contributed by atoms with Crippen LogP contribution in [0.1, 0.15) is 5.56 Å². The predicted octanol–water partition coefficient (Wildman–Crippen LogP) is 1.45. The van der Waals surface area contributed by atoms with Gasteiger partial charge in [-0.1, -0.05) is 0 Å². The molecule has 25 heavy (non-hydrogen) atoms. The normalized spacial score (nSPS) is 17.2. The standard InChI is InChI=1S/C15H14FN3O5S/c1-22-10-4-8(9(16)5-11(10)23-2)7-17-19-15-18-14(21)12(25-15)6-13(20)24-3/h4-7H,1-3H3,(H,18,19,21)/b12-6+,17-7?. The minimum absolute atomic E-state index is 0.123.